The fourth-order valence-electron chi connectivity index (χ4n) is 3.28. The molecule has 2 amide bonds. The van der Waals surface area contributed by atoms with Crippen LogP contribution in [0.3, 0.4) is 0 Å². The van der Waals surface area contributed by atoms with Gasteiger partial charge in [0.25, 0.3) is 5.91 Å². The molecule has 1 aliphatic heterocycles. The summed E-state index contributed by atoms with van der Waals surface area (Å²) in [5.41, 5.74) is 2.20. The van der Waals surface area contributed by atoms with Crippen molar-refractivity contribution in [1.29, 1.82) is 0 Å². The van der Waals surface area contributed by atoms with Crippen molar-refractivity contribution in [2.24, 2.45) is 0 Å². The van der Waals surface area contributed by atoms with E-state index < -0.39 is 0 Å². The van der Waals surface area contributed by atoms with Gasteiger partial charge in [0.1, 0.15) is 5.82 Å². The van der Waals surface area contributed by atoms with Gasteiger partial charge in [0.15, 0.2) is 0 Å². The molecule has 1 heterocycles. The lowest BCUT2D eigenvalue weighted by Crippen LogP contribution is -2.52. The number of benzene rings is 2. The molecular weight excluding hydrogens is 359 g/mol. The lowest BCUT2D eigenvalue weighted by atomic mass is 10.1. The average molecular weight is 384 g/mol. The number of anilines is 2. The first-order valence-electron chi connectivity index (χ1n) is 9.35. The minimum Gasteiger partial charge on any atom is -0.369 e. The van der Waals surface area contributed by atoms with Crippen LogP contribution < -0.4 is 15.5 Å². The van der Waals surface area contributed by atoms with E-state index in [2.05, 4.69) is 20.4 Å². The molecule has 3 rings (SSSR count). The first kappa shape index (κ1) is 19.8. The van der Waals surface area contributed by atoms with Crippen molar-refractivity contribution in [2.75, 3.05) is 43.4 Å². The van der Waals surface area contributed by atoms with Gasteiger partial charge in [-0.3, -0.25) is 14.5 Å². The molecule has 148 valence electrons. The van der Waals surface area contributed by atoms with E-state index >= 15 is 0 Å². The van der Waals surface area contributed by atoms with Gasteiger partial charge >= 0.3 is 0 Å². The highest BCUT2D eigenvalue weighted by atomic mass is 19.1. The van der Waals surface area contributed by atoms with Crippen molar-refractivity contribution in [2.45, 2.75) is 13.0 Å². The Bertz CT molecular complexity index is 815. The van der Waals surface area contributed by atoms with Crippen molar-refractivity contribution in [1.82, 2.24) is 10.2 Å². The van der Waals surface area contributed by atoms with Crippen LogP contribution >= 0.6 is 0 Å². The van der Waals surface area contributed by atoms with E-state index in [0.717, 1.165) is 31.9 Å². The molecule has 7 heteroatoms. The van der Waals surface area contributed by atoms with Crippen LogP contribution in [-0.4, -0.2) is 56.0 Å². The van der Waals surface area contributed by atoms with E-state index in [1.54, 1.807) is 43.4 Å². The largest absolute Gasteiger partial charge is 0.369 e. The average Bonchev–Trinajstić information content (AvgIpc) is 2.74. The summed E-state index contributed by atoms with van der Waals surface area (Å²) < 4.78 is 13.1. The number of hydrogen-bond donors (Lipinski definition) is 2. The van der Waals surface area contributed by atoms with E-state index in [9.17, 15) is 14.0 Å². The maximum atomic E-state index is 13.1. The molecule has 0 bridgehead atoms. The third kappa shape index (κ3) is 4.67. The minimum atomic E-state index is -0.269. The second kappa shape index (κ2) is 8.84. The van der Waals surface area contributed by atoms with Gasteiger partial charge in [-0.05, 0) is 55.5 Å². The number of nitrogens with one attached hydrogen (secondary N) is 2. The van der Waals surface area contributed by atoms with Crippen molar-refractivity contribution in [3.8, 4) is 0 Å². The highest BCUT2D eigenvalue weighted by molar-refractivity contribution is 5.97. The van der Waals surface area contributed by atoms with Crippen LogP contribution in [0.4, 0.5) is 15.8 Å². The lowest BCUT2D eigenvalue weighted by Gasteiger charge is -2.38. The van der Waals surface area contributed by atoms with E-state index in [4.69, 9.17) is 0 Å². The highest BCUT2D eigenvalue weighted by Gasteiger charge is 2.25. The second-order valence-corrected chi connectivity index (χ2v) is 6.82. The summed E-state index contributed by atoms with van der Waals surface area (Å²) in [6.07, 6.45) is 0. The van der Waals surface area contributed by atoms with Gasteiger partial charge in [0.05, 0.1) is 6.04 Å². The Kier molecular flexibility index (Phi) is 6.26. The number of piperazine rings is 1. The number of carbonyl (C=O) groups is 2. The number of amides is 2. The molecule has 0 radical (unpaired) electrons. The molecule has 0 spiro atoms. The van der Waals surface area contributed by atoms with Gasteiger partial charge < -0.3 is 15.5 Å². The third-order valence-electron chi connectivity index (χ3n) is 5.07. The summed E-state index contributed by atoms with van der Waals surface area (Å²) in [5, 5.41) is 5.47. The Labute approximate surface area is 164 Å². The van der Waals surface area contributed by atoms with Crippen LogP contribution in [0, 0.1) is 5.82 Å². The molecule has 28 heavy (non-hydrogen) atoms. The number of halogens is 1. The predicted molar refractivity (Wildman–Crippen MR) is 108 cm³/mol. The van der Waals surface area contributed by atoms with Crippen molar-refractivity contribution < 1.29 is 14.0 Å². The Morgan fingerprint density at radius 1 is 0.964 bits per heavy atom. The van der Waals surface area contributed by atoms with Gasteiger partial charge in [0, 0.05) is 50.2 Å². The monoisotopic (exact) mass is 384 g/mol. The van der Waals surface area contributed by atoms with Crippen molar-refractivity contribution in [3.63, 3.8) is 0 Å². The molecule has 1 saturated heterocycles. The Balaban J connectivity index is 1.53. The zero-order valence-electron chi connectivity index (χ0n) is 16.1. The summed E-state index contributed by atoms with van der Waals surface area (Å²) in [7, 11) is 1.58. The van der Waals surface area contributed by atoms with Gasteiger partial charge in [-0.1, -0.05) is 0 Å². The van der Waals surface area contributed by atoms with Crippen LogP contribution in [0.5, 0.6) is 0 Å². The molecule has 1 aliphatic rings. The normalized spacial score (nSPS) is 15.8. The van der Waals surface area contributed by atoms with Crippen LogP contribution in [0.1, 0.15) is 17.3 Å². The topological polar surface area (TPSA) is 64.7 Å². The van der Waals surface area contributed by atoms with Crippen LogP contribution in [0.15, 0.2) is 48.5 Å². The Hall–Kier alpha value is -2.93. The number of nitrogens with zero attached hydrogens (tertiary/aromatic N) is 2. The van der Waals surface area contributed by atoms with E-state index in [-0.39, 0.29) is 23.7 Å². The van der Waals surface area contributed by atoms with E-state index in [1.807, 2.05) is 6.92 Å². The SMILES string of the molecule is CNC(=O)c1ccc(NC(=O)C(C)N2CCN(c3ccc(F)cc3)CC2)cc1. The summed E-state index contributed by atoms with van der Waals surface area (Å²) >= 11 is 0. The van der Waals surface area contributed by atoms with Gasteiger partial charge in [0.2, 0.25) is 5.91 Å². The van der Waals surface area contributed by atoms with Gasteiger partial charge in [-0.2, -0.15) is 0 Å². The Morgan fingerprint density at radius 2 is 1.57 bits per heavy atom. The molecular formula is C21H25FN4O2. The van der Waals surface area contributed by atoms with E-state index in [0.29, 0.717) is 11.3 Å². The smallest absolute Gasteiger partial charge is 0.251 e. The van der Waals surface area contributed by atoms with E-state index in [1.165, 1.54) is 12.1 Å². The van der Waals surface area contributed by atoms with Crippen molar-refractivity contribution >= 4 is 23.2 Å². The standard InChI is InChI=1S/C21H25FN4O2/c1-15(20(27)24-18-7-3-16(4-8-18)21(28)23-2)25-11-13-26(14-12-25)19-9-5-17(22)6-10-19/h3-10,15H,11-14H2,1-2H3,(H,23,28)(H,24,27). The van der Waals surface area contributed by atoms with Crippen molar-refractivity contribution in [3.05, 3.63) is 59.9 Å². The van der Waals surface area contributed by atoms with Gasteiger partial charge in [-0.15, -0.1) is 0 Å². The molecule has 6 nitrogen and oxygen atoms in total. The molecule has 0 saturated carbocycles. The van der Waals surface area contributed by atoms with Gasteiger partial charge in [-0.25, -0.2) is 4.39 Å². The molecule has 1 atom stereocenters. The molecule has 2 aromatic carbocycles. The van der Waals surface area contributed by atoms with Crippen LogP contribution in [-0.2, 0) is 4.79 Å². The molecule has 0 aliphatic carbocycles. The first-order valence-corrected chi connectivity index (χ1v) is 9.35. The number of rotatable bonds is 5. The minimum absolute atomic E-state index is 0.0806. The fourth-order valence-corrected chi connectivity index (χ4v) is 3.28. The molecule has 0 aromatic heterocycles. The highest BCUT2D eigenvalue weighted by Crippen LogP contribution is 2.18. The summed E-state index contributed by atoms with van der Waals surface area (Å²) in [5.74, 6) is -0.482. The van der Waals surface area contributed by atoms with Crippen LogP contribution in [0.25, 0.3) is 0 Å². The second-order valence-electron chi connectivity index (χ2n) is 6.82. The Morgan fingerprint density at radius 3 is 2.14 bits per heavy atom. The van der Waals surface area contributed by atoms with Crippen LogP contribution in [0.2, 0.25) is 0 Å². The summed E-state index contributed by atoms with van der Waals surface area (Å²) in [6.45, 7) is 4.96. The maximum absolute atomic E-state index is 13.1. The fraction of sp³-hybridized carbons (Fsp3) is 0.333. The third-order valence-corrected chi connectivity index (χ3v) is 5.07. The predicted octanol–water partition coefficient (Wildman–Crippen LogP) is 2.33. The molecule has 2 aromatic rings. The maximum Gasteiger partial charge on any atom is 0.251 e. The number of carbonyl (C=O) groups excluding carboxylic acids is 2. The number of hydrogen-bond acceptors (Lipinski definition) is 4. The zero-order valence-corrected chi connectivity index (χ0v) is 16.1. The first-order chi connectivity index (χ1) is 13.5. The zero-order chi connectivity index (χ0) is 20.1. The molecule has 1 fully saturated rings. The quantitative estimate of drug-likeness (QED) is 0.831. The molecule has 2 N–H and O–H groups in total. The summed E-state index contributed by atoms with van der Waals surface area (Å²) in [6, 6.07) is 13.0. The molecule has 1 unspecified atom stereocenters. The lowest BCUT2D eigenvalue weighted by molar-refractivity contribution is -0.120. The summed E-state index contributed by atoms with van der Waals surface area (Å²) in [4.78, 5) is 28.5.